The summed E-state index contributed by atoms with van der Waals surface area (Å²) in [4.78, 5) is 5.02. The minimum atomic E-state index is -3.49. The normalized spacial score (nSPS) is 15.2. The number of fused-ring (bicyclic) bond motifs is 1. The molecule has 2 heterocycles. The predicted octanol–water partition coefficient (Wildman–Crippen LogP) is 3.71. The Morgan fingerprint density at radius 3 is 2.67 bits per heavy atom. The molecule has 1 aromatic heterocycles. The topological polar surface area (TPSA) is 91.0 Å². The maximum absolute atomic E-state index is 13.0. The highest BCUT2D eigenvalue weighted by Gasteiger charge is 2.26. The highest BCUT2D eigenvalue weighted by molar-refractivity contribution is 7.89. The Balaban J connectivity index is 1.62. The standard InChI is InChI=1S/C22H25N5O2S/c1-2-27-21-10-9-19(30(28,29)26-11-4-3-5-12-26)14-20(21)25-22(27)16-24-18-8-6-7-17(13-18)15-23/h6-10,13-14,24H,2-5,11-12,16H2,1H3. The van der Waals surface area contributed by atoms with Gasteiger partial charge in [-0.3, -0.25) is 0 Å². The molecule has 0 spiro atoms. The van der Waals surface area contributed by atoms with E-state index in [1.165, 1.54) is 0 Å². The number of hydrogen-bond donors (Lipinski definition) is 1. The molecule has 2 aromatic carbocycles. The molecule has 0 amide bonds. The van der Waals surface area contributed by atoms with Crippen molar-refractivity contribution in [2.24, 2.45) is 0 Å². The summed E-state index contributed by atoms with van der Waals surface area (Å²) in [5, 5.41) is 12.4. The van der Waals surface area contributed by atoms with Crippen LogP contribution in [0, 0.1) is 11.3 Å². The van der Waals surface area contributed by atoms with Gasteiger partial charge < -0.3 is 9.88 Å². The van der Waals surface area contributed by atoms with Crippen molar-refractivity contribution >= 4 is 26.7 Å². The Hall–Kier alpha value is -2.89. The molecule has 1 N–H and O–H groups in total. The summed E-state index contributed by atoms with van der Waals surface area (Å²) in [6.45, 7) is 4.41. The predicted molar refractivity (Wildman–Crippen MR) is 117 cm³/mol. The number of nitrogens with one attached hydrogen (secondary N) is 1. The molecule has 30 heavy (non-hydrogen) atoms. The lowest BCUT2D eigenvalue weighted by molar-refractivity contribution is 0.346. The third kappa shape index (κ3) is 3.91. The van der Waals surface area contributed by atoms with Crippen LogP contribution in [0.1, 0.15) is 37.6 Å². The third-order valence-corrected chi connectivity index (χ3v) is 7.40. The van der Waals surface area contributed by atoms with E-state index < -0.39 is 10.0 Å². The Labute approximate surface area is 177 Å². The number of benzene rings is 2. The van der Waals surface area contributed by atoms with Crippen LogP contribution in [-0.2, 0) is 23.1 Å². The molecule has 0 atom stereocenters. The van der Waals surface area contributed by atoms with Crippen molar-refractivity contribution in [1.82, 2.24) is 13.9 Å². The van der Waals surface area contributed by atoms with Crippen molar-refractivity contribution < 1.29 is 8.42 Å². The smallest absolute Gasteiger partial charge is 0.243 e. The molecule has 1 aliphatic heterocycles. The van der Waals surface area contributed by atoms with E-state index in [0.29, 0.717) is 35.6 Å². The van der Waals surface area contributed by atoms with Crippen molar-refractivity contribution in [2.75, 3.05) is 18.4 Å². The van der Waals surface area contributed by atoms with Crippen LogP contribution < -0.4 is 5.32 Å². The number of hydrogen-bond acceptors (Lipinski definition) is 5. The Morgan fingerprint density at radius 1 is 1.13 bits per heavy atom. The number of anilines is 1. The lowest BCUT2D eigenvalue weighted by atomic mass is 10.2. The van der Waals surface area contributed by atoms with E-state index in [1.54, 1.807) is 28.6 Å². The van der Waals surface area contributed by atoms with Crippen LogP contribution in [0.25, 0.3) is 11.0 Å². The van der Waals surface area contributed by atoms with Crippen molar-refractivity contribution in [1.29, 1.82) is 5.26 Å². The first kappa shape index (κ1) is 20.4. The van der Waals surface area contributed by atoms with Crippen molar-refractivity contribution in [3.05, 3.63) is 53.9 Å². The number of piperidine rings is 1. The van der Waals surface area contributed by atoms with Crippen LogP contribution >= 0.6 is 0 Å². The highest BCUT2D eigenvalue weighted by Crippen LogP contribution is 2.25. The quantitative estimate of drug-likeness (QED) is 0.653. The monoisotopic (exact) mass is 423 g/mol. The number of rotatable bonds is 6. The van der Waals surface area contributed by atoms with Crippen LogP contribution in [0.4, 0.5) is 5.69 Å². The van der Waals surface area contributed by atoms with Crippen LogP contribution in [0.2, 0.25) is 0 Å². The van der Waals surface area contributed by atoms with Gasteiger partial charge in [0.25, 0.3) is 0 Å². The van der Waals surface area contributed by atoms with Gasteiger partial charge in [-0.15, -0.1) is 0 Å². The van der Waals surface area contributed by atoms with E-state index in [4.69, 9.17) is 10.2 Å². The fourth-order valence-electron chi connectivity index (χ4n) is 3.94. The Morgan fingerprint density at radius 2 is 1.93 bits per heavy atom. The number of imidazole rings is 1. The van der Waals surface area contributed by atoms with Crippen LogP contribution in [-0.4, -0.2) is 35.4 Å². The van der Waals surface area contributed by atoms with E-state index in [9.17, 15) is 8.42 Å². The maximum Gasteiger partial charge on any atom is 0.243 e. The zero-order valence-corrected chi connectivity index (χ0v) is 17.8. The van der Waals surface area contributed by atoms with Crippen LogP contribution in [0.15, 0.2) is 47.4 Å². The molecule has 0 radical (unpaired) electrons. The Kier molecular flexibility index (Phi) is 5.75. The first-order valence-electron chi connectivity index (χ1n) is 10.3. The van der Waals surface area contributed by atoms with Gasteiger partial charge in [-0.1, -0.05) is 12.5 Å². The largest absolute Gasteiger partial charge is 0.378 e. The minimum absolute atomic E-state index is 0.305. The van der Waals surface area contributed by atoms with Crippen LogP contribution in [0.5, 0.6) is 0 Å². The minimum Gasteiger partial charge on any atom is -0.378 e. The second-order valence-corrected chi connectivity index (χ2v) is 9.37. The molecule has 8 heteroatoms. The average molecular weight is 424 g/mol. The third-order valence-electron chi connectivity index (χ3n) is 5.51. The molecule has 1 aliphatic rings. The summed E-state index contributed by atoms with van der Waals surface area (Å²) in [6, 6.07) is 14.7. The molecule has 3 aromatic rings. The number of nitrogens with zero attached hydrogens (tertiary/aromatic N) is 4. The summed E-state index contributed by atoms with van der Waals surface area (Å²) in [6.07, 6.45) is 2.91. The van der Waals surface area contributed by atoms with Crippen molar-refractivity contribution in [3.8, 4) is 6.07 Å². The summed E-state index contributed by atoms with van der Waals surface area (Å²) < 4.78 is 29.7. The molecule has 4 rings (SSSR count). The molecule has 0 saturated carbocycles. The van der Waals surface area contributed by atoms with E-state index in [2.05, 4.69) is 16.0 Å². The van der Waals surface area contributed by atoms with E-state index >= 15 is 0 Å². The van der Waals surface area contributed by atoms with Crippen molar-refractivity contribution in [3.63, 3.8) is 0 Å². The molecule has 0 bridgehead atoms. The fraction of sp³-hybridized carbons (Fsp3) is 0.364. The van der Waals surface area contributed by atoms with Gasteiger partial charge in [0.15, 0.2) is 0 Å². The maximum atomic E-state index is 13.0. The van der Waals surface area contributed by atoms with Gasteiger partial charge in [0.05, 0.1) is 34.1 Å². The second-order valence-electron chi connectivity index (χ2n) is 7.43. The average Bonchev–Trinajstić information content (AvgIpc) is 3.15. The summed E-state index contributed by atoms with van der Waals surface area (Å²) in [7, 11) is -3.49. The van der Waals surface area contributed by atoms with Gasteiger partial charge in [0.2, 0.25) is 10.0 Å². The first-order valence-corrected chi connectivity index (χ1v) is 11.7. The second kappa shape index (κ2) is 8.46. The molecule has 156 valence electrons. The fourth-order valence-corrected chi connectivity index (χ4v) is 5.48. The lowest BCUT2D eigenvalue weighted by Crippen LogP contribution is -2.35. The zero-order valence-electron chi connectivity index (χ0n) is 17.0. The number of aromatic nitrogens is 2. The highest BCUT2D eigenvalue weighted by atomic mass is 32.2. The van der Waals surface area contributed by atoms with E-state index in [0.717, 1.165) is 42.8 Å². The number of sulfonamides is 1. The Bertz CT molecular complexity index is 1200. The summed E-state index contributed by atoms with van der Waals surface area (Å²) in [5.74, 6) is 0.822. The molecular weight excluding hydrogens is 398 g/mol. The summed E-state index contributed by atoms with van der Waals surface area (Å²) >= 11 is 0. The van der Waals surface area contributed by atoms with Gasteiger partial charge in [-0.2, -0.15) is 9.57 Å². The van der Waals surface area contributed by atoms with Crippen LogP contribution in [0.3, 0.4) is 0 Å². The zero-order chi connectivity index (χ0) is 21.1. The molecule has 1 saturated heterocycles. The van der Waals surface area contributed by atoms with Gasteiger partial charge in [-0.05, 0) is 56.2 Å². The lowest BCUT2D eigenvalue weighted by Gasteiger charge is -2.25. The van der Waals surface area contributed by atoms with Gasteiger partial charge in [0, 0.05) is 25.3 Å². The molecule has 0 unspecified atom stereocenters. The van der Waals surface area contributed by atoms with Gasteiger partial charge >= 0.3 is 0 Å². The van der Waals surface area contributed by atoms with Crippen molar-refractivity contribution in [2.45, 2.75) is 44.2 Å². The summed E-state index contributed by atoms with van der Waals surface area (Å²) in [5.41, 5.74) is 3.03. The molecular formula is C22H25N5O2S. The van der Waals surface area contributed by atoms with Gasteiger partial charge in [0.1, 0.15) is 5.82 Å². The number of aryl methyl sites for hydroxylation is 1. The SMILES string of the molecule is CCn1c(CNc2cccc(C#N)c2)nc2cc(S(=O)(=O)N3CCCCC3)ccc21. The molecule has 1 fully saturated rings. The molecule has 7 nitrogen and oxygen atoms in total. The first-order chi connectivity index (χ1) is 14.5. The van der Waals surface area contributed by atoms with E-state index in [1.807, 2.05) is 25.1 Å². The van der Waals surface area contributed by atoms with E-state index in [-0.39, 0.29) is 0 Å². The molecule has 0 aliphatic carbocycles. The number of nitriles is 1. The van der Waals surface area contributed by atoms with Gasteiger partial charge in [-0.25, -0.2) is 13.4 Å².